The van der Waals surface area contributed by atoms with E-state index in [2.05, 4.69) is 15.7 Å². The minimum atomic E-state index is -0.591. The standard InChI is InChI=1S/C15H21N5O3/c1-10-5-7-12(8-6-10)23-9-11(2)17-14(21)20-15(22)19(4)13(16-3)18-20/h5-8,11H,9H2,1-4H3,(H,16,18)(H,17,21). The van der Waals surface area contributed by atoms with E-state index in [1.807, 2.05) is 31.2 Å². The summed E-state index contributed by atoms with van der Waals surface area (Å²) in [5.41, 5.74) is 0.632. The zero-order valence-corrected chi connectivity index (χ0v) is 13.7. The highest BCUT2D eigenvalue weighted by molar-refractivity contribution is 5.76. The van der Waals surface area contributed by atoms with Crippen LogP contribution in [0, 0.1) is 6.92 Å². The molecule has 0 spiro atoms. The first-order chi connectivity index (χ1) is 10.9. The monoisotopic (exact) mass is 319 g/mol. The van der Waals surface area contributed by atoms with Gasteiger partial charge in [0.05, 0.1) is 6.04 Å². The summed E-state index contributed by atoms with van der Waals surface area (Å²) in [4.78, 5) is 24.0. The zero-order valence-electron chi connectivity index (χ0n) is 13.7. The molecule has 1 aromatic carbocycles. The first-order valence-corrected chi connectivity index (χ1v) is 7.26. The Labute approximate surface area is 134 Å². The van der Waals surface area contributed by atoms with Gasteiger partial charge < -0.3 is 15.4 Å². The van der Waals surface area contributed by atoms with Crippen molar-refractivity contribution in [1.82, 2.24) is 19.7 Å². The summed E-state index contributed by atoms with van der Waals surface area (Å²) in [7, 11) is 3.16. The Morgan fingerprint density at radius 2 is 2.00 bits per heavy atom. The van der Waals surface area contributed by atoms with Crippen molar-refractivity contribution in [2.24, 2.45) is 7.05 Å². The Kier molecular flexibility index (Phi) is 5.05. The van der Waals surface area contributed by atoms with Gasteiger partial charge in [-0.2, -0.15) is 0 Å². The molecule has 0 aliphatic heterocycles. The van der Waals surface area contributed by atoms with Gasteiger partial charge >= 0.3 is 11.7 Å². The average Bonchev–Trinajstić information content (AvgIpc) is 2.82. The molecule has 1 unspecified atom stereocenters. The fraction of sp³-hybridized carbons (Fsp3) is 0.400. The SMILES string of the molecule is CNc1nn(C(=O)NC(C)COc2ccc(C)cc2)c(=O)n1C. The molecule has 124 valence electrons. The molecule has 0 aliphatic rings. The number of ether oxygens (including phenoxy) is 1. The molecule has 1 atom stereocenters. The average molecular weight is 319 g/mol. The Balaban J connectivity index is 1.94. The number of anilines is 1. The van der Waals surface area contributed by atoms with Crippen molar-refractivity contribution in [3.8, 4) is 5.75 Å². The molecule has 0 bridgehead atoms. The fourth-order valence-corrected chi connectivity index (χ4v) is 1.96. The number of carbonyl (C=O) groups excluding carboxylic acids is 1. The second kappa shape index (κ2) is 6.99. The summed E-state index contributed by atoms with van der Waals surface area (Å²) < 4.78 is 7.64. The molecule has 8 nitrogen and oxygen atoms in total. The van der Waals surface area contributed by atoms with Gasteiger partial charge in [-0.3, -0.25) is 4.57 Å². The maximum atomic E-state index is 12.1. The summed E-state index contributed by atoms with van der Waals surface area (Å²) >= 11 is 0. The molecule has 1 heterocycles. The number of amides is 1. The highest BCUT2D eigenvalue weighted by atomic mass is 16.5. The normalized spacial score (nSPS) is 11.8. The van der Waals surface area contributed by atoms with E-state index in [9.17, 15) is 9.59 Å². The number of benzene rings is 1. The Morgan fingerprint density at radius 3 is 2.57 bits per heavy atom. The maximum Gasteiger partial charge on any atom is 0.355 e. The molecule has 0 aliphatic carbocycles. The summed E-state index contributed by atoms with van der Waals surface area (Å²) in [5, 5.41) is 9.33. The van der Waals surface area contributed by atoms with Crippen molar-refractivity contribution in [3.63, 3.8) is 0 Å². The van der Waals surface area contributed by atoms with E-state index in [0.29, 0.717) is 5.95 Å². The molecule has 2 rings (SSSR count). The number of nitrogens with zero attached hydrogens (tertiary/aromatic N) is 3. The van der Waals surface area contributed by atoms with Crippen LogP contribution >= 0.6 is 0 Å². The van der Waals surface area contributed by atoms with E-state index in [4.69, 9.17) is 4.74 Å². The number of carbonyl (C=O) groups is 1. The van der Waals surface area contributed by atoms with E-state index in [1.54, 1.807) is 14.0 Å². The summed E-state index contributed by atoms with van der Waals surface area (Å²) in [5.74, 6) is 1.04. The summed E-state index contributed by atoms with van der Waals surface area (Å²) in [6, 6.07) is 6.76. The molecule has 8 heteroatoms. The van der Waals surface area contributed by atoms with Crippen LogP contribution in [0.5, 0.6) is 5.75 Å². The van der Waals surface area contributed by atoms with E-state index in [1.165, 1.54) is 11.6 Å². The van der Waals surface area contributed by atoms with Gasteiger partial charge in [-0.05, 0) is 26.0 Å². The lowest BCUT2D eigenvalue weighted by Gasteiger charge is -2.14. The zero-order chi connectivity index (χ0) is 17.0. The number of rotatable bonds is 5. The highest BCUT2D eigenvalue weighted by Gasteiger charge is 2.17. The van der Waals surface area contributed by atoms with Gasteiger partial charge in [-0.25, -0.2) is 9.59 Å². The largest absolute Gasteiger partial charge is 0.491 e. The van der Waals surface area contributed by atoms with Crippen LogP contribution in [-0.2, 0) is 7.05 Å². The molecule has 0 saturated carbocycles. The third-order valence-electron chi connectivity index (χ3n) is 3.29. The van der Waals surface area contributed by atoms with E-state index < -0.39 is 11.7 Å². The summed E-state index contributed by atoms with van der Waals surface area (Å²) in [6.45, 7) is 4.07. The van der Waals surface area contributed by atoms with Gasteiger partial charge in [0.25, 0.3) is 0 Å². The van der Waals surface area contributed by atoms with Crippen molar-refractivity contribution in [2.45, 2.75) is 19.9 Å². The second-order valence-corrected chi connectivity index (χ2v) is 5.30. The lowest BCUT2D eigenvalue weighted by Crippen LogP contribution is -2.43. The number of nitrogens with one attached hydrogen (secondary N) is 2. The first kappa shape index (κ1) is 16.6. The predicted octanol–water partition coefficient (Wildman–Crippen LogP) is 0.957. The van der Waals surface area contributed by atoms with E-state index in [0.717, 1.165) is 16.0 Å². The van der Waals surface area contributed by atoms with Gasteiger partial charge in [-0.1, -0.05) is 17.7 Å². The van der Waals surface area contributed by atoms with Crippen LogP contribution in [0.4, 0.5) is 10.7 Å². The smallest absolute Gasteiger partial charge is 0.355 e. The highest BCUT2D eigenvalue weighted by Crippen LogP contribution is 2.11. The predicted molar refractivity (Wildman–Crippen MR) is 87.1 cm³/mol. The van der Waals surface area contributed by atoms with Crippen LogP contribution in [0.1, 0.15) is 12.5 Å². The molecule has 0 radical (unpaired) electrons. The van der Waals surface area contributed by atoms with Crippen molar-refractivity contribution >= 4 is 12.0 Å². The van der Waals surface area contributed by atoms with Crippen LogP contribution in [0.2, 0.25) is 0 Å². The Morgan fingerprint density at radius 1 is 1.35 bits per heavy atom. The summed E-state index contributed by atoms with van der Waals surface area (Å²) in [6.07, 6.45) is 0. The quantitative estimate of drug-likeness (QED) is 0.856. The maximum absolute atomic E-state index is 12.1. The molecule has 1 amide bonds. The first-order valence-electron chi connectivity index (χ1n) is 7.26. The minimum absolute atomic E-state index is 0.282. The molecule has 2 aromatic rings. The van der Waals surface area contributed by atoms with Gasteiger partial charge in [0, 0.05) is 14.1 Å². The van der Waals surface area contributed by atoms with Crippen molar-refractivity contribution in [1.29, 1.82) is 0 Å². The molecular formula is C15H21N5O3. The topological polar surface area (TPSA) is 90.2 Å². The molecule has 23 heavy (non-hydrogen) atoms. The van der Waals surface area contributed by atoms with E-state index in [-0.39, 0.29) is 12.6 Å². The van der Waals surface area contributed by atoms with Crippen molar-refractivity contribution in [2.75, 3.05) is 19.0 Å². The molecule has 0 fully saturated rings. The van der Waals surface area contributed by atoms with E-state index >= 15 is 0 Å². The number of aromatic nitrogens is 3. The molecule has 2 N–H and O–H groups in total. The number of aryl methyl sites for hydroxylation is 1. The van der Waals surface area contributed by atoms with Crippen LogP contribution in [0.15, 0.2) is 29.1 Å². The number of hydrogen-bond donors (Lipinski definition) is 2. The van der Waals surface area contributed by atoms with Crippen molar-refractivity contribution in [3.05, 3.63) is 40.3 Å². The van der Waals surface area contributed by atoms with Gasteiger partial charge in [-0.15, -0.1) is 9.78 Å². The molecule has 0 saturated heterocycles. The Hall–Kier alpha value is -2.77. The van der Waals surface area contributed by atoms with Crippen LogP contribution < -0.4 is 21.1 Å². The molecular weight excluding hydrogens is 298 g/mol. The van der Waals surface area contributed by atoms with Crippen LogP contribution in [0.3, 0.4) is 0 Å². The van der Waals surface area contributed by atoms with Crippen LogP contribution in [0.25, 0.3) is 0 Å². The molecule has 1 aromatic heterocycles. The lowest BCUT2D eigenvalue weighted by molar-refractivity contribution is 0.224. The fourth-order valence-electron chi connectivity index (χ4n) is 1.96. The van der Waals surface area contributed by atoms with Gasteiger partial charge in [0.2, 0.25) is 5.95 Å². The van der Waals surface area contributed by atoms with Gasteiger partial charge in [0.1, 0.15) is 12.4 Å². The third kappa shape index (κ3) is 3.91. The van der Waals surface area contributed by atoms with Crippen molar-refractivity contribution < 1.29 is 9.53 Å². The number of hydrogen-bond acceptors (Lipinski definition) is 5. The lowest BCUT2D eigenvalue weighted by atomic mass is 10.2. The Bertz CT molecular complexity index is 733. The third-order valence-corrected chi connectivity index (χ3v) is 3.29. The second-order valence-electron chi connectivity index (χ2n) is 5.30. The minimum Gasteiger partial charge on any atom is -0.491 e. The van der Waals surface area contributed by atoms with Crippen LogP contribution in [-0.4, -0.2) is 40.1 Å². The van der Waals surface area contributed by atoms with Gasteiger partial charge in [0.15, 0.2) is 0 Å².